The molecule has 0 aromatic heterocycles. The Morgan fingerprint density at radius 1 is 1.25 bits per heavy atom. The maximum absolute atomic E-state index is 12.8. The van der Waals surface area contributed by atoms with E-state index in [0.717, 1.165) is 16.7 Å². The summed E-state index contributed by atoms with van der Waals surface area (Å²) in [5.41, 5.74) is 5.04. The molecule has 4 rings (SSSR count). The Kier molecular flexibility index (Phi) is 5.14. The molecule has 5 nitrogen and oxygen atoms in total. The summed E-state index contributed by atoms with van der Waals surface area (Å²) in [4.78, 5) is 14.6. The molecule has 2 aliphatic heterocycles. The van der Waals surface area contributed by atoms with Crippen LogP contribution in [0.2, 0.25) is 0 Å². The van der Waals surface area contributed by atoms with Gasteiger partial charge in [-0.15, -0.1) is 0 Å². The van der Waals surface area contributed by atoms with Gasteiger partial charge in [-0.3, -0.25) is 4.90 Å². The van der Waals surface area contributed by atoms with Crippen molar-refractivity contribution in [2.75, 3.05) is 13.2 Å². The molecule has 28 heavy (non-hydrogen) atoms. The molecular weight excluding hydrogens is 352 g/mol. The van der Waals surface area contributed by atoms with Crippen LogP contribution in [-0.2, 0) is 16.1 Å². The fourth-order valence-electron chi connectivity index (χ4n) is 3.97. The van der Waals surface area contributed by atoms with Crippen LogP contribution in [-0.4, -0.2) is 36.3 Å². The summed E-state index contributed by atoms with van der Waals surface area (Å²) in [6, 6.07) is 17.4. The van der Waals surface area contributed by atoms with Gasteiger partial charge in [-0.2, -0.15) is 5.26 Å². The van der Waals surface area contributed by atoms with Gasteiger partial charge in [-0.05, 0) is 47.7 Å². The number of morpholine rings is 1. The minimum atomic E-state index is -0.297. The Bertz CT molecular complexity index is 946. The molecule has 1 amide bonds. The Morgan fingerprint density at radius 2 is 2.07 bits per heavy atom. The van der Waals surface area contributed by atoms with E-state index < -0.39 is 0 Å². The molecule has 2 bridgehead atoms. The molecule has 1 fully saturated rings. The number of rotatable bonds is 3. The van der Waals surface area contributed by atoms with Gasteiger partial charge in [0.1, 0.15) is 6.61 Å². The van der Waals surface area contributed by atoms with E-state index in [1.54, 1.807) is 0 Å². The van der Waals surface area contributed by atoms with Crippen molar-refractivity contribution in [2.45, 2.75) is 32.0 Å². The SMILES string of the molecule is Cc1cc(C#N)ccc1C1=CC2COCC(C1)N2C(=O)OCc1ccccc1. The van der Waals surface area contributed by atoms with E-state index in [9.17, 15) is 4.79 Å². The van der Waals surface area contributed by atoms with Gasteiger partial charge in [0.25, 0.3) is 0 Å². The van der Waals surface area contributed by atoms with Gasteiger partial charge in [0, 0.05) is 0 Å². The maximum Gasteiger partial charge on any atom is 0.411 e. The molecular formula is C23H22N2O3. The maximum atomic E-state index is 12.8. The van der Waals surface area contributed by atoms with Gasteiger partial charge in [0.15, 0.2) is 0 Å². The lowest BCUT2D eigenvalue weighted by Gasteiger charge is -2.44. The van der Waals surface area contributed by atoms with Crippen molar-refractivity contribution in [2.24, 2.45) is 0 Å². The van der Waals surface area contributed by atoms with Gasteiger partial charge in [-0.25, -0.2) is 4.79 Å². The summed E-state index contributed by atoms with van der Waals surface area (Å²) < 4.78 is 11.3. The lowest BCUT2D eigenvalue weighted by Crippen LogP contribution is -2.56. The van der Waals surface area contributed by atoms with Crippen LogP contribution in [0.25, 0.3) is 5.57 Å². The molecule has 2 aromatic rings. The van der Waals surface area contributed by atoms with Gasteiger partial charge in [0.2, 0.25) is 0 Å². The van der Waals surface area contributed by atoms with Crippen LogP contribution in [0, 0.1) is 18.3 Å². The van der Waals surface area contributed by atoms with Crippen LogP contribution in [0.4, 0.5) is 4.79 Å². The molecule has 1 saturated heterocycles. The average Bonchev–Trinajstić information content (AvgIpc) is 2.71. The summed E-state index contributed by atoms with van der Waals surface area (Å²) in [5, 5.41) is 9.08. The molecule has 0 N–H and O–H groups in total. The van der Waals surface area contributed by atoms with Crippen molar-refractivity contribution in [1.82, 2.24) is 4.90 Å². The third kappa shape index (κ3) is 3.64. The first-order chi connectivity index (χ1) is 13.7. The number of benzene rings is 2. The molecule has 2 aliphatic rings. The quantitative estimate of drug-likeness (QED) is 0.813. The molecule has 2 unspecified atom stereocenters. The minimum Gasteiger partial charge on any atom is -0.445 e. The lowest BCUT2D eigenvalue weighted by molar-refractivity contribution is -0.0342. The summed E-state index contributed by atoms with van der Waals surface area (Å²) in [6.45, 7) is 3.25. The third-order valence-electron chi connectivity index (χ3n) is 5.32. The summed E-state index contributed by atoms with van der Waals surface area (Å²) >= 11 is 0. The topological polar surface area (TPSA) is 62.6 Å². The molecule has 0 spiro atoms. The molecule has 5 heteroatoms. The molecule has 2 aromatic carbocycles. The number of hydrogen-bond donors (Lipinski definition) is 0. The van der Waals surface area contributed by atoms with E-state index >= 15 is 0 Å². The van der Waals surface area contributed by atoms with Crippen molar-refractivity contribution < 1.29 is 14.3 Å². The van der Waals surface area contributed by atoms with E-state index in [1.807, 2.05) is 60.4 Å². The highest BCUT2D eigenvalue weighted by Gasteiger charge is 2.39. The fourth-order valence-corrected chi connectivity index (χ4v) is 3.97. The number of amides is 1. The minimum absolute atomic E-state index is 0.0444. The van der Waals surface area contributed by atoms with Crippen LogP contribution >= 0.6 is 0 Å². The normalized spacial score (nSPS) is 20.9. The van der Waals surface area contributed by atoms with Gasteiger partial charge in [0.05, 0.1) is 36.9 Å². The first-order valence-electron chi connectivity index (χ1n) is 9.44. The van der Waals surface area contributed by atoms with Crippen molar-refractivity contribution in [3.8, 4) is 6.07 Å². The van der Waals surface area contributed by atoms with E-state index in [4.69, 9.17) is 14.7 Å². The van der Waals surface area contributed by atoms with Crippen molar-refractivity contribution >= 4 is 11.7 Å². The van der Waals surface area contributed by atoms with Crippen LogP contribution in [0.1, 0.15) is 28.7 Å². The number of nitrogens with zero attached hydrogens (tertiary/aromatic N) is 2. The fraction of sp³-hybridized carbons (Fsp3) is 0.304. The summed E-state index contributed by atoms with van der Waals surface area (Å²) in [6.07, 6.45) is 2.52. The predicted molar refractivity (Wildman–Crippen MR) is 105 cm³/mol. The zero-order chi connectivity index (χ0) is 19.5. The molecule has 0 radical (unpaired) electrons. The number of carbonyl (C=O) groups is 1. The summed E-state index contributed by atoms with van der Waals surface area (Å²) in [7, 11) is 0. The monoisotopic (exact) mass is 374 g/mol. The number of carbonyl (C=O) groups excluding carboxylic acids is 1. The molecule has 0 saturated carbocycles. The Morgan fingerprint density at radius 3 is 2.79 bits per heavy atom. The standard InChI is InChI=1S/C23H22N2O3/c1-16-9-18(12-24)7-8-22(16)19-10-20-14-27-15-21(11-19)25(20)23(26)28-13-17-5-3-2-4-6-17/h2-10,20-21H,11,13-15H2,1H3. The van der Waals surface area contributed by atoms with Gasteiger partial charge in [-0.1, -0.05) is 42.5 Å². The number of hydrogen-bond acceptors (Lipinski definition) is 4. The Hall–Kier alpha value is -3.10. The van der Waals surface area contributed by atoms with Crippen molar-refractivity contribution in [3.63, 3.8) is 0 Å². The second-order valence-corrected chi connectivity index (χ2v) is 7.24. The van der Waals surface area contributed by atoms with E-state index in [2.05, 4.69) is 12.1 Å². The average molecular weight is 374 g/mol. The van der Waals surface area contributed by atoms with Crippen LogP contribution in [0.3, 0.4) is 0 Å². The molecule has 2 heterocycles. The lowest BCUT2D eigenvalue weighted by atomic mass is 9.87. The highest BCUT2D eigenvalue weighted by Crippen LogP contribution is 2.34. The van der Waals surface area contributed by atoms with E-state index in [0.29, 0.717) is 25.2 Å². The van der Waals surface area contributed by atoms with Crippen molar-refractivity contribution in [1.29, 1.82) is 5.26 Å². The first-order valence-corrected chi connectivity index (χ1v) is 9.44. The zero-order valence-electron chi connectivity index (χ0n) is 15.8. The number of nitriles is 1. The second kappa shape index (κ2) is 7.87. The van der Waals surface area contributed by atoms with E-state index in [-0.39, 0.29) is 24.8 Å². The number of fused-ring (bicyclic) bond motifs is 2. The highest BCUT2D eigenvalue weighted by atomic mass is 16.6. The highest BCUT2D eigenvalue weighted by molar-refractivity contribution is 5.75. The molecule has 2 atom stereocenters. The van der Waals surface area contributed by atoms with Gasteiger partial charge < -0.3 is 9.47 Å². The molecule has 142 valence electrons. The number of aryl methyl sites for hydroxylation is 1. The zero-order valence-corrected chi connectivity index (χ0v) is 15.8. The third-order valence-corrected chi connectivity index (χ3v) is 5.32. The summed E-state index contributed by atoms with van der Waals surface area (Å²) in [5.74, 6) is 0. The largest absolute Gasteiger partial charge is 0.445 e. The van der Waals surface area contributed by atoms with Crippen LogP contribution in [0.15, 0.2) is 54.6 Å². The van der Waals surface area contributed by atoms with E-state index in [1.165, 1.54) is 5.57 Å². The predicted octanol–water partition coefficient (Wildman–Crippen LogP) is 4.06. The van der Waals surface area contributed by atoms with Crippen molar-refractivity contribution in [3.05, 3.63) is 76.9 Å². The number of ether oxygens (including phenoxy) is 2. The van der Waals surface area contributed by atoms with Crippen LogP contribution in [0.5, 0.6) is 0 Å². The smallest absolute Gasteiger partial charge is 0.411 e. The Balaban J connectivity index is 1.53. The van der Waals surface area contributed by atoms with Gasteiger partial charge >= 0.3 is 6.09 Å². The molecule has 0 aliphatic carbocycles. The first kappa shape index (κ1) is 18.3. The van der Waals surface area contributed by atoms with Crippen LogP contribution < -0.4 is 0 Å². The Labute approximate surface area is 164 Å². The second-order valence-electron chi connectivity index (χ2n) is 7.24.